The zero-order chi connectivity index (χ0) is 21.4. The van der Waals surface area contributed by atoms with Crippen molar-refractivity contribution in [2.24, 2.45) is 5.92 Å². The van der Waals surface area contributed by atoms with E-state index in [1.54, 1.807) is 6.20 Å². The minimum atomic E-state index is -0.304. The fraction of sp³-hybridized carbons (Fsp3) is 0.320. The van der Waals surface area contributed by atoms with Crippen molar-refractivity contribution in [3.05, 3.63) is 89.7 Å². The predicted molar refractivity (Wildman–Crippen MR) is 117 cm³/mol. The average Bonchev–Trinajstić information content (AvgIpc) is 3.48. The molecule has 3 heterocycles. The van der Waals surface area contributed by atoms with Crippen LogP contribution in [-0.4, -0.2) is 44.5 Å². The van der Waals surface area contributed by atoms with E-state index in [4.69, 9.17) is 0 Å². The smallest absolute Gasteiger partial charge is 0.228 e. The first kappa shape index (κ1) is 19.5. The summed E-state index contributed by atoms with van der Waals surface area (Å²) in [5.41, 5.74) is 3.44. The first-order valence-electron chi connectivity index (χ1n) is 10.8. The van der Waals surface area contributed by atoms with Gasteiger partial charge in [0.1, 0.15) is 0 Å². The lowest BCUT2D eigenvalue weighted by molar-refractivity contribution is -0.137. The highest BCUT2D eigenvalue weighted by atomic mass is 16.2. The molecule has 3 atom stereocenters. The van der Waals surface area contributed by atoms with Crippen LogP contribution in [0.25, 0.3) is 0 Å². The summed E-state index contributed by atoms with van der Waals surface area (Å²) >= 11 is 0. The van der Waals surface area contributed by atoms with Gasteiger partial charge in [0.25, 0.3) is 0 Å². The molecule has 0 spiro atoms. The lowest BCUT2D eigenvalue weighted by Gasteiger charge is -2.36. The van der Waals surface area contributed by atoms with Crippen LogP contribution < -0.4 is 0 Å². The van der Waals surface area contributed by atoms with Gasteiger partial charge in [-0.25, -0.2) is 0 Å². The monoisotopic (exact) mass is 414 g/mol. The van der Waals surface area contributed by atoms with Crippen LogP contribution in [-0.2, 0) is 16.1 Å². The Balaban J connectivity index is 1.35. The molecule has 2 aromatic carbocycles. The maximum Gasteiger partial charge on any atom is 0.228 e. The Morgan fingerprint density at radius 3 is 2.58 bits per heavy atom. The number of hydrogen-bond acceptors (Lipinski definition) is 3. The molecule has 31 heavy (non-hydrogen) atoms. The van der Waals surface area contributed by atoms with E-state index < -0.39 is 0 Å². The van der Waals surface area contributed by atoms with Crippen LogP contribution in [0.15, 0.2) is 73.1 Å². The number of carbonyl (C=O) groups excluding carboxylic acids is 2. The van der Waals surface area contributed by atoms with Crippen molar-refractivity contribution < 1.29 is 9.59 Å². The van der Waals surface area contributed by atoms with E-state index in [0.29, 0.717) is 19.6 Å². The van der Waals surface area contributed by atoms with Gasteiger partial charge in [-0.2, -0.15) is 5.10 Å². The molecular weight excluding hydrogens is 388 g/mol. The van der Waals surface area contributed by atoms with E-state index in [-0.39, 0.29) is 36.2 Å². The first-order valence-corrected chi connectivity index (χ1v) is 10.8. The van der Waals surface area contributed by atoms with Gasteiger partial charge in [-0.15, -0.1) is 0 Å². The molecule has 0 saturated carbocycles. The topological polar surface area (TPSA) is 58.4 Å². The molecule has 6 nitrogen and oxygen atoms in total. The number of rotatable bonds is 4. The molecule has 0 N–H and O–H groups in total. The van der Waals surface area contributed by atoms with Gasteiger partial charge in [0.05, 0.1) is 18.0 Å². The van der Waals surface area contributed by atoms with Crippen molar-refractivity contribution in [3.63, 3.8) is 0 Å². The molecule has 6 heteroatoms. The highest BCUT2D eigenvalue weighted by Crippen LogP contribution is 2.33. The highest BCUT2D eigenvalue weighted by molar-refractivity contribution is 5.89. The Bertz CT molecular complexity index is 1080. The lowest BCUT2D eigenvalue weighted by Crippen LogP contribution is -2.43. The molecular formula is C25H26N4O2. The molecule has 2 aliphatic rings. The van der Waals surface area contributed by atoms with Gasteiger partial charge in [0.15, 0.2) is 0 Å². The summed E-state index contributed by atoms with van der Waals surface area (Å²) in [7, 11) is 0. The van der Waals surface area contributed by atoms with E-state index in [9.17, 15) is 9.59 Å². The standard InChI is InChI=1S/C25H26N4O2/c1-18(19-8-3-2-4-9-19)28-16-21(14-24(28)30)25(31)27-15-20-10-5-6-11-22(20)23(17-27)29-13-7-12-26-29/h2-13,18,21,23H,14-17H2,1H3. The molecule has 3 aromatic rings. The maximum absolute atomic E-state index is 13.5. The van der Waals surface area contributed by atoms with Crippen LogP contribution in [0.2, 0.25) is 0 Å². The second-order valence-electron chi connectivity index (χ2n) is 8.45. The fourth-order valence-electron chi connectivity index (χ4n) is 4.88. The van der Waals surface area contributed by atoms with Crippen LogP contribution in [0.1, 0.15) is 42.1 Å². The number of fused-ring (bicyclic) bond motifs is 1. The van der Waals surface area contributed by atoms with Crippen LogP contribution in [0, 0.1) is 5.92 Å². The van der Waals surface area contributed by atoms with E-state index in [0.717, 1.165) is 11.1 Å². The number of likely N-dealkylation sites (tertiary alicyclic amines) is 1. The summed E-state index contributed by atoms with van der Waals surface area (Å²) in [6.07, 6.45) is 3.99. The Morgan fingerprint density at radius 2 is 1.81 bits per heavy atom. The normalized spacial score (nSPS) is 21.8. The summed E-state index contributed by atoms with van der Waals surface area (Å²) in [6.45, 7) is 3.64. The zero-order valence-electron chi connectivity index (χ0n) is 17.6. The number of carbonyl (C=O) groups is 2. The van der Waals surface area contributed by atoms with Gasteiger partial charge in [-0.3, -0.25) is 14.3 Å². The third-order valence-electron chi connectivity index (χ3n) is 6.58. The number of amides is 2. The minimum absolute atomic E-state index is 0.0136. The van der Waals surface area contributed by atoms with Crippen molar-refractivity contribution in [1.82, 2.24) is 19.6 Å². The summed E-state index contributed by atoms with van der Waals surface area (Å²) in [5.74, 6) is -0.194. The number of hydrogen-bond donors (Lipinski definition) is 0. The third-order valence-corrected chi connectivity index (χ3v) is 6.58. The van der Waals surface area contributed by atoms with E-state index in [1.165, 1.54) is 5.56 Å². The Kier molecular flexibility index (Phi) is 5.06. The average molecular weight is 415 g/mol. The van der Waals surface area contributed by atoms with Gasteiger partial charge in [-0.1, -0.05) is 54.6 Å². The highest BCUT2D eigenvalue weighted by Gasteiger charge is 2.40. The molecule has 2 amide bonds. The summed E-state index contributed by atoms with van der Waals surface area (Å²) < 4.78 is 1.92. The second kappa shape index (κ2) is 8.02. The molecule has 0 radical (unpaired) electrons. The summed E-state index contributed by atoms with van der Waals surface area (Å²) in [4.78, 5) is 30.0. The number of aromatic nitrogens is 2. The molecule has 158 valence electrons. The quantitative estimate of drug-likeness (QED) is 0.657. The van der Waals surface area contributed by atoms with Gasteiger partial charge in [0, 0.05) is 38.4 Å². The van der Waals surface area contributed by atoms with Crippen molar-refractivity contribution in [1.29, 1.82) is 0 Å². The van der Waals surface area contributed by atoms with Gasteiger partial charge >= 0.3 is 0 Å². The SMILES string of the molecule is CC(c1ccccc1)N1CC(C(=O)N2Cc3ccccc3C(n3cccn3)C2)CC1=O. The molecule has 0 bridgehead atoms. The van der Waals surface area contributed by atoms with E-state index in [1.807, 2.05) is 76.1 Å². The van der Waals surface area contributed by atoms with Crippen molar-refractivity contribution in [2.45, 2.75) is 32.0 Å². The minimum Gasteiger partial charge on any atom is -0.336 e. The Morgan fingerprint density at radius 1 is 1.03 bits per heavy atom. The first-order chi connectivity index (χ1) is 15.1. The number of benzene rings is 2. The molecule has 1 saturated heterocycles. The molecule has 2 aliphatic heterocycles. The Labute approximate surface area is 182 Å². The largest absolute Gasteiger partial charge is 0.336 e. The number of nitrogens with zero attached hydrogens (tertiary/aromatic N) is 4. The van der Waals surface area contributed by atoms with Crippen LogP contribution in [0.3, 0.4) is 0 Å². The van der Waals surface area contributed by atoms with Gasteiger partial charge < -0.3 is 9.80 Å². The van der Waals surface area contributed by atoms with Gasteiger partial charge in [-0.05, 0) is 29.7 Å². The fourth-order valence-corrected chi connectivity index (χ4v) is 4.88. The van der Waals surface area contributed by atoms with Gasteiger partial charge in [0.2, 0.25) is 11.8 Å². The summed E-state index contributed by atoms with van der Waals surface area (Å²) in [5, 5.41) is 4.43. The van der Waals surface area contributed by atoms with Crippen molar-refractivity contribution in [2.75, 3.05) is 13.1 Å². The molecule has 3 unspecified atom stereocenters. The maximum atomic E-state index is 13.5. The molecule has 5 rings (SSSR count). The predicted octanol–water partition coefficient (Wildman–Crippen LogP) is 3.42. The Hall–Kier alpha value is -3.41. The van der Waals surface area contributed by atoms with Crippen molar-refractivity contribution in [3.8, 4) is 0 Å². The van der Waals surface area contributed by atoms with Crippen molar-refractivity contribution >= 4 is 11.8 Å². The third kappa shape index (κ3) is 3.63. The van der Waals surface area contributed by atoms with Crippen LogP contribution in [0.5, 0.6) is 0 Å². The van der Waals surface area contributed by atoms with Crippen LogP contribution in [0.4, 0.5) is 0 Å². The van der Waals surface area contributed by atoms with Crippen LogP contribution >= 0.6 is 0 Å². The molecule has 0 aliphatic carbocycles. The lowest BCUT2D eigenvalue weighted by atomic mass is 9.94. The van der Waals surface area contributed by atoms with E-state index >= 15 is 0 Å². The molecule has 1 aromatic heterocycles. The summed E-state index contributed by atoms with van der Waals surface area (Å²) in [6, 6.07) is 20.1. The zero-order valence-corrected chi connectivity index (χ0v) is 17.6. The molecule has 1 fully saturated rings. The second-order valence-corrected chi connectivity index (χ2v) is 8.45. The van der Waals surface area contributed by atoms with E-state index in [2.05, 4.69) is 17.2 Å².